The number of halogens is 5. The van der Waals surface area contributed by atoms with Gasteiger partial charge in [-0.15, -0.1) is 0 Å². The Hall–Kier alpha value is -2.82. The standard InChI is InChI=1S/C24H21Cl2F3N2O4S/c1-12(36-21-16(25)6-5-7-17(21)26)20(22(32)30-13(2)24(27,28)29)23(33)31-10-14-8-18(34-3)19(35-4)9-15(14)11-31/h5-9H,2,10-11H2,1,3-4H3,(H,30,32)/b20-12-. The van der Waals surface area contributed by atoms with Crippen molar-refractivity contribution in [1.82, 2.24) is 10.2 Å². The molecule has 192 valence electrons. The van der Waals surface area contributed by atoms with Gasteiger partial charge in [-0.25, -0.2) is 0 Å². The minimum atomic E-state index is -4.88. The summed E-state index contributed by atoms with van der Waals surface area (Å²) >= 11 is 13.3. The maximum atomic E-state index is 13.6. The lowest BCUT2D eigenvalue weighted by Gasteiger charge is -2.20. The first-order valence-electron chi connectivity index (χ1n) is 10.3. The van der Waals surface area contributed by atoms with Crippen LogP contribution in [0.4, 0.5) is 13.2 Å². The van der Waals surface area contributed by atoms with Crippen LogP contribution in [0.15, 0.2) is 58.0 Å². The molecule has 3 rings (SSSR count). The number of hydrogen-bond donors (Lipinski definition) is 1. The highest BCUT2D eigenvalue weighted by molar-refractivity contribution is 8.03. The number of thioether (sulfide) groups is 1. The molecule has 1 heterocycles. The molecule has 0 saturated carbocycles. The quantitative estimate of drug-likeness (QED) is 0.191. The van der Waals surface area contributed by atoms with E-state index in [1.165, 1.54) is 26.0 Å². The predicted molar refractivity (Wildman–Crippen MR) is 132 cm³/mol. The van der Waals surface area contributed by atoms with E-state index in [0.29, 0.717) is 16.4 Å². The van der Waals surface area contributed by atoms with E-state index in [2.05, 4.69) is 6.58 Å². The highest BCUT2D eigenvalue weighted by atomic mass is 35.5. The number of nitrogens with zero attached hydrogens (tertiary/aromatic N) is 1. The summed E-state index contributed by atoms with van der Waals surface area (Å²) in [5.74, 6) is -1.10. The number of ether oxygens (including phenoxy) is 2. The average molecular weight is 561 g/mol. The number of benzene rings is 2. The molecule has 0 atom stereocenters. The molecule has 1 N–H and O–H groups in total. The van der Waals surface area contributed by atoms with Gasteiger partial charge >= 0.3 is 6.18 Å². The summed E-state index contributed by atoms with van der Waals surface area (Å²) in [4.78, 5) is 28.3. The SMILES string of the molecule is C=C(NC(=O)/C(C(=O)N1Cc2cc(OC)c(OC)cc2C1)=C(\C)Sc1c(Cl)cccc1Cl)C(F)(F)F. The fraction of sp³-hybridized carbons (Fsp3) is 0.250. The second-order valence-electron chi connectivity index (χ2n) is 7.65. The van der Waals surface area contributed by atoms with Crippen molar-refractivity contribution in [1.29, 1.82) is 0 Å². The first-order valence-corrected chi connectivity index (χ1v) is 11.9. The number of rotatable bonds is 7. The monoisotopic (exact) mass is 560 g/mol. The number of alkyl halides is 3. The molecule has 1 aliphatic heterocycles. The number of fused-ring (bicyclic) bond motifs is 1. The summed E-state index contributed by atoms with van der Waals surface area (Å²) in [5.41, 5.74) is -0.487. The molecule has 0 radical (unpaired) electrons. The molecule has 2 aromatic carbocycles. The maximum absolute atomic E-state index is 13.6. The molecule has 2 amide bonds. The largest absolute Gasteiger partial charge is 0.493 e. The van der Waals surface area contributed by atoms with E-state index in [1.807, 2.05) is 0 Å². The molecule has 0 aliphatic carbocycles. The second kappa shape index (κ2) is 11.1. The van der Waals surface area contributed by atoms with Gasteiger partial charge in [0.25, 0.3) is 11.8 Å². The van der Waals surface area contributed by atoms with Gasteiger partial charge in [-0.05, 0) is 42.3 Å². The lowest BCUT2D eigenvalue weighted by molar-refractivity contribution is -0.132. The summed E-state index contributed by atoms with van der Waals surface area (Å²) in [6, 6.07) is 8.16. The number of carbonyl (C=O) groups is 2. The van der Waals surface area contributed by atoms with Crippen LogP contribution in [-0.4, -0.2) is 37.1 Å². The third-order valence-electron chi connectivity index (χ3n) is 5.29. The average Bonchev–Trinajstić information content (AvgIpc) is 3.23. The van der Waals surface area contributed by atoms with E-state index in [-0.39, 0.29) is 28.0 Å². The zero-order valence-corrected chi connectivity index (χ0v) is 21.7. The Balaban J connectivity index is 1.99. The fourth-order valence-corrected chi connectivity index (χ4v) is 5.04. The van der Waals surface area contributed by atoms with Crippen LogP contribution in [0.25, 0.3) is 0 Å². The molecule has 36 heavy (non-hydrogen) atoms. The lowest BCUT2D eigenvalue weighted by atomic mass is 10.1. The van der Waals surface area contributed by atoms with E-state index < -0.39 is 29.3 Å². The first-order chi connectivity index (χ1) is 16.9. The van der Waals surface area contributed by atoms with Crippen LogP contribution in [-0.2, 0) is 22.7 Å². The Morgan fingerprint density at radius 3 is 2.00 bits per heavy atom. The summed E-state index contributed by atoms with van der Waals surface area (Å²) in [6.07, 6.45) is -4.88. The number of allylic oxidation sites excluding steroid dienone is 2. The van der Waals surface area contributed by atoms with Crippen LogP contribution in [0.1, 0.15) is 18.1 Å². The normalized spacial score (nSPS) is 13.6. The maximum Gasteiger partial charge on any atom is 0.430 e. The van der Waals surface area contributed by atoms with Gasteiger partial charge in [0, 0.05) is 22.9 Å². The molecule has 0 aromatic heterocycles. The molecule has 1 aliphatic rings. The van der Waals surface area contributed by atoms with E-state index in [0.717, 1.165) is 22.9 Å². The second-order valence-corrected chi connectivity index (χ2v) is 9.69. The van der Waals surface area contributed by atoms with Gasteiger partial charge in [0.1, 0.15) is 11.3 Å². The van der Waals surface area contributed by atoms with E-state index in [1.54, 1.807) is 35.6 Å². The van der Waals surface area contributed by atoms with Crippen LogP contribution in [0.3, 0.4) is 0 Å². The molecule has 0 spiro atoms. The van der Waals surface area contributed by atoms with Crippen molar-refractivity contribution in [2.45, 2.75) is 31.1 Å². The topological polar surface area (TPSA) is 67.9 Å². The first kappa shape index (κ1) is 27.8. The number of carbonyl (C=O) groups excluding carboxylic acids is 2. The van der Waals surface area contributed by atoms with Crippen molar-refractivity contribution in [2.24, 2.45) is 0 Å². The Morgan fingerprint density at radius 2 is 1.56 bits per heavy atom. The smallest absolute Gasteiger partial charge is 0.430 e. The molecule has 0 unspecified atom stereocenters. The van der Waals surface area contributed by atoms with Crippen molar-refractivity contribution >= 4 is 46.8 Å². The van der Waals surface area contributed by atoms with Gasteiger partial charge in [-0.3, -0.25) is 9.59 Å². The van der Waals surface area contributed by atoms with Gasteiger partial charge in [-0.1, -0.05) is 47.6 Å². The zero-order valence-electron chi connectivity index (χ0n) is 19.4. The number of methoxy groups -OCH3 is 2. The molecule has 2 aromatic rings. The minimum Gasteiger partial charge on any atom is -0.493 e. The van der Waals surface area contributed by atoms with Crippen molar-refractivity contribution in [3.05, 3.63) is 74.3 Å². The number of nitrogens with one attached hydrogen (secondary N) is 1. The molecular formula is C24H21Cl2F3N2O4S. The molecular weight excluding hydrogens is 540 g/mol. The summed E-state index contributed by atoms with van der Waals surface area (Å²) in [5, 5.41) is 2.21. The third kappa shape index (κ3) is 5.93. The third-order valence-corrected chi connectivity index (χ3v) is 7.30. The number of hydrogen-bond acceptors (Lipinski definition) is 5. The highest BCUT2D eigenvalue weighted by Crippen LogP contribution is 2.40. The fourth-order valence-electron chi connectivity index (χ4n) is 3.49. The lowest BCUT2D eigenvalue weighted by Crippen LogP contribution is -2.38. The van der Waals surface area contributed by atoms with Crippen molar-refractivity contribution in [2.75, 3.05) is 14.2 Å². The van der Waals surface area contributed by atoms with Crippen LogP contribution in [0.2, 0.25) is 10.0 Å². The molecule has 0 fully saturated rings. The predicted octanol–water partition coefficient (Wildman–Crippen LogP) is 6.11. The van der Waals surface area contributed by atoms with Crippen LogP contribution in [0.5, 0.6) is 11.5 Å². The van der Waals surface area contributed by atoms with Gasteiger partial charge in [0.05, 0.1) is 24.3 Å². The van der Waals surface area contributed by atoms with E-state index >= 15 is 0 Å². The zero-order chi connectivity index (χ0) is 26.8. The van der Waals surface area contributed by atoms with Crippen LogP contribution >= 0.6 is 35.0 Å². The van der Waals surface area contributed by atoms with Crippen molar-refractivity contribution in [3.8, 4) is 11.5 Å². The van der Waals surface area contributed by atoms with Crippen LogP contribution < -0.4 is 14.8 Å². The Morgan fingerprint density at radius 1 is 1.06 bits per heavy atom. The summed E-state index contributed by atoms with van der Waals surface area (Å²) < 4.78 is 49.8. The molecule has 0 bridgehead atoms. The molecule has 12 heteroatoms. The van der Waals surface area contributed by atoms with Crippen molar-refractivity contribution in [3.63, 3.8) is 0 Å². The highest BCUT2D eigenvalue weighted by Gasteiger charge is 2.37. The van der Waals surface area contributed by atoms with Gasteiger partial charge in [0.2, 0.25) is 0 Å². The van der Waals surface area contributed by atoms with Crippen molar-refractivity contribution < 1.29 is 32.2 Å². The summed E-state index contributed by atoms with van der Waals surface area (Å²) in [7, 11) is 2.95. The Kier molecular flexibility index (Phi) is 8.53. The number of amides is 2. The van der Waals surface area contributed by atoms with E-state index in [9.17, 15) is 22.8 Å². The minimum absolute atomic E-state index is 0.105. The molecule has 0 saturated heterocycles. The van der Waals surface area contributed by atoms with Crippen LogP contribution in [0, 0.1) is 0 Å². The van der Waals surface area contributed by atoms with Gasteiger partial charge < -0.3 is 19.7 Å². The van der Waals surface area contributed by atoms with Gasteiger partial charge in [-0.2, -0.15) is 13.2 Å². The molecule has 6 nitrogen and oxygen atoms in total. The summed E-state index contributed by atoms with van der Waals surface area (Å²) in [6.45, 7) is 4.51. The van der Waals surface area contributed by atoms with E-state index in [4.69, 9.17) is 32.7 Å². The Bertz CT molecular complexity index is 1210. The van der Waals surface area contributed by atoms with Gasteiger partial charge in [0.15, 0.2) is 11.5 Å². The Labute approximate surface area is 220 Å².